The highest BCUT2D eigenvalue weighted by Gasteiger charge is 2.10. The summed E-state index contributed by atoms with van der Waals surface area (Å²) in [5.41, 5.74) is 2.06. The normalized spacial score (nSPS) is 11.4. The van der Waals surface area contributed by atoms with Crippen LogP contribution in [0.4, 0.5) is 0 Å². The van der Waals surface area contributed by atoms with Crippen molar-refractivity contribution in [1.29, 1.82) is 0 Å². The Bertz CT molecular complexity index is 509. The molecule has 6 heteroatoms. The Kier molecular flexibility index (Phi) is 4.31. The average molecular weight is 263 g/mol. The maximum absolute atomic E-state index is 5.14. The highest BCUT2D eigenvalue weighted by atomic mass is 16.5. The number of aromatic nitrogens is 4. The minimum absolute atomic E-state index is 0.558. The van der Waals surface area contributed by atoms with Crippen molar-refractivity contribution >= 4 is 0 Å². The van der Waals surface area contributed by atoms with E-state index in [1.165, 1.54) is 0 Å². The standard InChI is InChI=1S/C13H21N5O/c1-9(2)7-18-13(15-8-16-18)6-14-5-12-10(3)17-19-11(12)4/h8-9,14H,5-7H2,1-4H3. The molecule has 2 aromatic rings. The molecule has 2 heterocycles. The Labute approximate surface area is 113 Å². The van der Waals surface area contributed by atoms with Crippen molar-refractivity contribution in [2.75, 3.05) is 0 Å². The molecule has 0 aromatic carbocycles. The van der Waals surface area contributed by atoms with Gasteiger partial charge in [0.1, 0.15) is 17.9 Å². The summed E-state index contributed by atoms with van der Waals surface area (Å²) in [5, 5.41) is 11.5. The summed E-state index contributed by atoms with van der Waals surface area (Å²) in [4.78, 5) is 4.28. The average Bonchev–Trinajstić information content (AvgIpc) is 2.89. The van der Waals surface area contributed by atoms with Crippen LogP contribution in [-0.4, -0.2) is 19.9 Å². The van der Waals surface area contributed by atoms with E-state index >= 15 is 0 Å². The molecule has 2 aromatic heterocycles. The smallest absolute Gasteiger partial charge is 0.140 e. The van der Waals surface area contributed by atoms with Gasteiger partial charge < -0.3 is 9.84 Å². The highest BCUT2D eigenvalue weighted by Crippen LogP contribution is 2.11. The molecule has 1 N–H and O–H groups in total. The third kappa shape index (κ3) is 3.41. The van der Waals surface area contributed by atoms with E-state index in [1.54, 1.807) is 6.33 Å². The molecule has 0 aliphatic rings. The van der Waals surface area contributed by atoms with Crippen LogP contribution in [0.1, 0.15) is 36.7 Å². The molecule has 0 saturated heterocycles. The van der Waals surface area contributed by atoms with Crippen LogP contribution in [0.2, 0.25) is 0 Å². The lowest BCUT2D eigenvalue weighted by atomic mass is 10.2. The molecular formula is C13H21N5O. The molecule has 0 unspecified atom stereocenters. The number of aryl methyl sites for hydroxylation is 2. The van der Waals surface area contributed by atoms with E-state index in [0.29, 0.717) is 12.5 Å². The second-order valence-corrected chi connectivity index (χ2v) is 5.16. The highest BCUT2D eigenvalue weighted by molar-refractivity contribution is 5.20. The van der Waals surface area contributed by atoms with E-state index in [2.05, 4.69) is 34.4 Å². The van der Waals surface area contributed by atoms with Gasteiger partial charge in [-0.15, -0.1) is 0 Å². The molecule has 0 spiro atoms. The first-order valence-electron chi connectivity index (χ1n) is 6.57. The van der Waals surface area contributed by atoms with E-state index in [4.69, 9.17) is 4.52 Å². The summed E-state index contributed by atoms with van der Waals surface area (Å²) >= 11 is 0. The van der Waals surface area contributed by atoms with Gasteiger partial charge in [-0.2, -0.15) is 5.10 Å². The number of hydrogen-bond acceptors (Lipinski definition) is 5. The first kappa shape index (κ1) is 13.7. The van der Waals surface area contributed by atoms with Gasteiger partial charge >= 0.3 is 0 Å². The van der Waals surface area contributed by atoms with Crippen LogP contribution >= 0.6 is 0 Å². The summed E-state index contributed by atoms with van der Waals surface area (Å²) < 4.78 is 7.09. The molecule has 0 amide bonds. The van der Waals surface area contributed by atoms with Crippen molar-refractivity contribution < 1.29 is 4.52 Å². The Hall–Kier alpha value is -1.69. The minimum Gasteiger partial charge on any atom is -0.361 e. The quantitative estimate of drug-likeness (QED) is 0.861. The number of hydrogen-bond donors (Lipinski definition) is 1. The van der Waals surface area contributed by atoms with Gasteiger partial charge in [-0.3, -0.25) is 0 Å². The first-order valence-corrected chi connectivity index (χ1v) is 6.57. The van der Waals surface area contributed by atoms with E-state index in [0.717, 1.165) is 35.9 Å². The second kappa shape index (κ2) is 5.97. The van der Waals surface area contributed by atoms with Gasteiger partial charge in [0.05, 0.1) is 12.2 Å². The molecular weight excluding hydrogens is 242 g/mol. The maximum Gasteiger partial charge on any atom is 0.140 e. The van der Waals surface area contributed by atoms with Gasteiger partial charge in [0.2, 0.25) is 0 Å². The number of nitrogens with zero attached hydrogens (tertiary/aromatic N) is 4. The van der Waals surface area contributed by atoms with Gasteiger partial charge in [-0.25, -0.2) is 9.67 Å². The SMILES string of the molecule is Cc1noc(C)c1CNCc1ncnn1CC(C)C. The van der Waals surface area contributed by atoms with Crippen LogP contribution in [-0.2, 0) is 19.6 Å². The molecule has 104 valence electrons. The fourth-order valence-electron chi connectivity index (χ4n) is 1.98. The monoisotopic (exact) mass is 263 g/mol. The molecule has 2 rings (SSSR count). The molecule has 0 bridgehead atoms. The zero-order valence-electron chi connectivity index (χ0n) is 12.0. The van der Waals surface area contributed by atoms with Gasteiger partial charge in [0.15, 0.2) is 0 Å². The molecule has 0 saturated carbocycles. The molecule has 19 heavy (non-hydrogen) atoms. The van der Waals surface area contributed by atoms with Crippen molar-refractivity contribution in [3.8, 4) is 0 Å². The molecule has 6 nitrogen and oxygen atoms in total. The topological polar surface area (TPSA) is 68.8 Å². The van der Waals surface area contributed by atoms with Gasteiger partial charge in [0.25, 0.3) is 0 Å². The van der Waals surface area contributed by atoms with E-state index in [9.17, 15) is 0 Å². The summed E-state index contributed by atoms with van der Waals surface area (Å²) in [7, 11) is 0. The number of nitrogens with one attached hydrogen (secondary N) is 1. The summed E-state index contributed by atoms with van der Waals surface area (Å²) in [6.45, 7) is 10.5. The lowest BCUT2D eigenvalue weighted by molar-refractivity contribution is 0.391. The predicted molar refractivity (Wildman–Crippen MR) is 71.4 cm³/mol. The van der Waals surface area contributed by atoms with Gasteiger partial charge in [-0.1, -0.05) is 19.0 Å². The third-order valence-corrected chi connectivity index (χ3v) is 3.00. The summed E-state index contributed by atoms with van der Waals surface area (Å²) in [6, 6.07) is 0. The van der Waals surface area contributed by atoms with E-state index < -0.39 is 0 Å². The Balaban J connectivity index is 1.91. The lowest BCUT2D eigenvalue weighted by Gasteiger charge is -2.09. The Morgan fingerprint density at radius 1 is 1.32 bits per heavy atom. The van der Waals surface area contributed by atoms with Crippen LogP contribution in [0.3, 0.4) is 0 Å². The lowest BCUT2D eigenvalue weighted by Crippen LogP contribution is -2.19. The van der Waals surface area contributed by atoms with Crippen molar-refractivity contribution in [3.63, 3.8) is 0 Å². The molecule has 0 atom stereocenters. The van der Waals surface area contributed by atoms with Crippen LogP contribution < -0.4 is 5.32 Å². The van der Waals surface area contributed by atoms with Crippen LogP contribution in [0.5, 0.6) is 0 Å². The molecule has 0 aliphatic carbocycles. The van der Waals surface area contributed by atoms with Gasteiger partial charge in [-0.05, 0) is 19.8 Å². The molecule has 0 radical (unpaired) electrons. The van der Waals surface area contributed by atoms with Gasteiger partial charge in [0, 0.05) is 18.7 Å². The van der Waals surface area contributed by atoms with Crippen molar-refractivity contribution in [1.82, 2.24) is 25.2 Å². The third-order valence-electron chi connectivity index (χ3n) is 3.00. The minimum atomic E-state index is 0.558. The fourth-order valence-corrected chi connectivity index (χ4v) is 1.98. The maximum atomic E-state index is 5.14. The van der Waals surface area contributed by atoms with Crippen molar-refractivity contribution in [2.24, 2.45) is 5.92 Å². The second-order valence-electron chi connectivity index (χ2n) is 5.16. The van der Waals surface area contributed by atoms with Crippen LogP contribution in [0, 0.1) is 19.8 Å². The zero-order chi connectivity index (χ0) is 13.8. The Morgan fingerprint density at radius 3 is 2.74 bits per heavy atom. The largest absolute Gasteiger partial charge is 0.361 e. The molecule has 0 aliphatic heterocycles. The molecule has 0 fully saturated rings. The Morgan fingerprint density at radius 2 is 2.11 bits per heavy atom. The fraction of sp³-hybridized carbons (Fsp3) is 0.615. The summed E-state index contributed by atoms with van der Waals surface area (Å²) in [5.74, 6) is 2.39. The van der Waals surface area contributed by atoms with Crippen molar-refractivity contribution in [2.45, 2.75) is 47.3 Å². The number of rotatable bonds is 6. The van der Waals surface area contributed by atoms with Crippen molar-refractivity contribution in [3.05, 3.63) is 29.2 Å². The van der Waals surface area contributed by atoms with E-state index in [-0.39, 0.29) is 0 Å². The zero-order valence-corrected chi connectivity index (χ0v) is 12.0. The van der Waals surface area contributed by atoms with E-state index in [1.807, 2.05) is 18.5 Å². The predicted octanol–water partition coefficient (Wildman–Crippen LogP) is 1.83. The first-order chi connectivity index (χ1) is 9.08. The van der Waals surface area contributed by atoms with Crippen LogP contribution in [0.15, 0.2) is 10.9 Å². The van der Waals surface area contributed by atoms with Crippen LogP contribution in [0.25, 0.3) is 0 Å². The summed E-state index contributed by atoms with van der Waals surface area (Å²) in [6.07, 6.45) is 1.61.